The van der Waals surface area contributed by atoms with Crippen molar-refractivity contribution in [2.45, 2.75) is 48.6 Å². The highest BCUT2D eigenvalue weighted by Gasteiger charge is 2.58. The summed E-state index contributed by atoms with van der Waals surface area (Å²) in [4.78, 5) is 88.9. The van der Waals surface area contributed by atoms with Gasteiger partial charge >= 0.3 is 29.8 Å². The number of phenols is 15. The molecule has 0 aliphatic carbocycles. The van der Waals surface area contributed by atoms with Crippen LogP contribution in [0, 0.1) is 0 Å². The van der Waals surface area contributed by atoms with Crippen LogP contribution in [0.25, 0.3) is 33.4 Å². The normalized spacial score (nSPS) is 20.8. The lowest BCUT2D eigenvalue weighted by Crippen LogP contribution is -2.58. The Kier molecular flexibility index (Phi) is 11.8. The molecule has 5 aliphatic heterocycles. The minimum absolute atomic E-state index is 0.252. The van der Waals surface area contributed by atoms with Gasteiger partial charge in [-0.15, -0.1) is 0 Å². The van der Waals surface area contributed by atoms with Crippen molar-refractivity contribution in [3.63, 3.8) is 0 Å². The summed E-state index contributed by atoms with van der Waals surface area (Å²) >= 11 is 0. The van der Waals surface area contributed by atoms with E-state index in [-0.39, 0.29) is 12.1 Å². The third-order valence-electron chi connectivity index (χ3n) is 13.0. The Morgan fingerprint density at radius 2 is 0.816 bits per heavy atom. The molecule has 5 aromatic rings. The van der Waals surface area contributed by atoms with E-state index < -0.39 is 250 Å². The minimum Gasteiger partial charge on any atom is -0.504 e. The number of carbonyl (C=O) groups is 6. The summed E-state index contributed by atoms with van der Waals surface area (Å²) in [5.74, 6) is -39.5. The van der Waals surface area contributed by atoms with Gasteiger partial charge in [-0.05, 0) is 18.2 Å². The van der Waals surface area contributed by atoms with E-state index in [1.807, 2.05) is 0 Å². The molecule has 0 amide bonds. The fourth-order valence-electron chi connectivity index (χ4n) is 9.39. The summed E-state index contributed by atoms with van der Waals surface area (Å²) < 4.78 is 28.2. The van der Waals surface area contributed by atoms with Crippen molar-refractivity contribution in [2.24, 2.45) is 0 Å². The lowest BCUT2D eigenvalue weighted by Gasteiger charge is -2.42. The summed E-state index contributed by atoms with van der Waals surface area (Å²) in [6.45, 7) is -3.07. The van der Waals surface area contributed by atoms with Crippen molar-refractivity contribution in [3.8, 4) is 120 Å². The number of Topliss-reactive ketones (excluding diaryl/α,β-unsaturated/α-hetero) is 1. The van der Waals surface area contributed by atoms with Crippen LogP contribution in [0.3, 0.4) is 0 Å². The molecular weight excluding hydrogens is 1030 g/mol. The smallest absolute Gasteiger partial charge is 0.340 e. The molecular formula is C46H34O30. The van der Waals surface area contributed by atoms with Gasteiger partial charge in [-0.2, -0.15) is 0 Å². The van der Waals surface area contributed by atoms with E-state index in [9.17, 15) is 121 Å². The number of carbonyl (C=O) groups excluding carboxylic acids is 6. The zero-order valence-corrected chi connectivity index (χ0v) is 37.3. The van der Waals surface area contributed by atoms with Crippen LogP contribution in [-0.2, 0) is 28.5 Å². The lowest BCUT2D eigenvalue weighted by atomic mass is 9.74. The van der Waals surface area contributed by atoms with Gasteiger partial charge in [-0.25, -0.2) is 24.0 Å². The average Bonchev–Trinajstić information content (AvgIpc) is 3.50. The Bertz CT molecular complexity index is 3490. The zero-order chi connectivity index (χ0) is 55.7. The SMILES string of the molecule is O=C1OCC2OC(=O)c3cc(O)c(O)c(O)c3-c3c(O)c(O)c(O)c4c3C(=O)OC(C2OC(=O)c2cc(O)c(O)c(O)c2-c2c1cc(O)c(O)c2O)C1OC(=O)c2c-4c(O)c(O)c(O)c2C1C(=O)[C@H](O)[C@H](O)[C@@H](O)CO. The third kappa shape index (κ3) is 7.10. The van der Waals surface area contributed by atoms with Crippen molar-refractivity contribution >= 4 is 35.6 Å². The number of benzene rings is 5. The maximum Gasteiger partial charge on any atom is 0.340 e. The number of fused-ring (bicyclic) bond motifs is 7. The molecule has 0 saturated carbocycles. The van der Waals surface area contributed by atoms with Gasteiger partial charge in [0.25, 0.3) is 0 Å². The first-order valence-corrected chi connectivity index (χ1v) is 21.3. The summed E-state index contributed by atoms with van der Waals surface area (Å²) in [5.41, 5.74) is -16.7. The molecule has 5 aromatic carbocycles. The maximum atomic E-state index is 15.4. The highest BCUT2D eigenvalue weighted by atomic mass is 16.6. The molecule has 10 rings (SSSR count). The number of rotatable bonds is 5. The fraction of sp³-hybridized carbons (Fsp3) is 0.217. The van der Waals surface area contributed by atoms with E-state index in [4.69, 9.17) is 23.7 Å². The van der Waals surface area contributed by atoms with Crippen LogP contribution in [0.2, 0.25) is 0 Å². The molecule has 19 N–H and O–H groups in total. The monoisotopic (exact) mass is 1070 g/mol. The quantitative estimate of drug-likeness (QED) is 0.0571. The van der Waals surface area contributed by atoms with E-state index in [1.165, 1.54) is 0 Å². The largest absolute Gasteiger partial charge is 0.504 e. The van der Waals surface area contributed by atoms with E-state index in [2.05, 4.69) is 0 Å². The number of ether oxygens (including phenoxy) is 5. The van der Waals surface area contributed by atoms with E-state index in [0.29, 0.717) is 6.07 Å². The standard InChI is InChI=1S/C46H34O30/c47-4-12(51)27(55)36(64)35(63)23-20-22-19(33(61)38(66)34(20)62)18-21-17(31(59)37(65)32(18)60)16-8(3-11(50)26(54)30(16)58)43(68)73-13-5-72-42(67)6-1-9(48)24(52)28(56)14(6)15-7(2-10(49)25(53)29(15)57)44(69)74-39(13)41(76-46(21)71)40(23)75-45(22)70/h1-3,12-13,23,27,36,39-41,47-62,64-66H,4-5H2/t12-,13?,23?,27+,36+,39?,40?,41?/m0/s1. The van der Waals surface area contributed by atoms with E-state index in [1.54, 1.807) is 0 Å². The maximum absolute atomic E-state index is 15.4. The topological polar surface area (TPSA) is 533 Å². The van der Waals surface area contributed by atoms with Gasteiger partial charge in [-0.1, -0.05) is 0 Å². The highest BCUT2D eigenvalue weighted by Crippen LogP contribution is 2.62. The van der Waals surface area contributed by atoms with Crippen molar-refractivity contribution in [1.82, 2.24) is 0 Å². The molecule has 5 heterocycles. The summed E-state index contributed by atoms with van der Waals surface area (Å²) in [5, 5.41) is 210. The first-order chi connectivity index (χ1) is 35.7. The molecule has 30 nitrogen and oxygen atoms in total. The molecule has 8 atom stereocenters. The number of esters is 5. The van der Waals surface area contributed by atoms with Gasteiger partial charge in [-0.3, -0.25) is 4.79 Å². The minimum atomic E-state index is -3.11. The number of aliphatic hydroxyl groups excluding tert-OH is 4. The summed E-state index contributed by atoms with van der Waals surface area (Å²) in [6.07, 6.45) is -20.2. The fourth-order valence-corrected chi connectivity index (χ4v) is 9.39. The molecule has 6 bridgehead atoms. The molecule has 0 saturated heterocycles. The van der Waals surface area contributed by atoms with E-state index >= 15 is 4.79 Å². The highest BCUT2D eigenvalue weighted by molar-refractivity contribution is 6.17. The Hall–Kier alpha value is -10.0. The number of ketones is 1. The molecule has 76 heavy (non-hydrogen) atoms. The Labute approximate surface area is 417 Å². The van der Waals surface area contributed by atoms with Crippen molar-refractivity contribution < 1.29 is 149 Å². The van der Waals surface area contributed by atoms with Gasteiger partial charge in [0, 0.05) is 38.9 Å². The zero-order valence-electron chi connectivity index (χ0n) is 37.3. The molecule has 0 radical (unpaired) electrons. The summed E-state index contributed by atoms with van der Waals surface area (Å²) in [7, 11) is 0. The Morgan fingerprint density at radius 1 is 0.434 bits per heavy atom. The van der Waals surface area contributed by atoms with Crippen LogP contribution < -0.4 is 0 Å². The van der Waals surface area contributed by atoms with Gasteiger partial charge in [0.05, 0.1) is 40.3 Å². The number of aromatic hydroxyl groups is 15. The number of aliphatic hydroxyl groups is 4. The van der Waals surface area contributed by atoms with Crippen LogP contribution in [-0.4, -0.2) is 189 Å². The van der Waals surface area contributed by atoms with Crippen LogP contribution in [0.4, 0.5) is 0 Å². The molecule has 398 valence electrons. The Balaban J connectivity index is 1.47. The number of hydrogen-bond donors (Lipinski definition) is 19. The molecule has 5 aliphatic rings. The van der Waals surface area contributed by atoms with Gasteiger partial charge in [0.1, 0.15) is 24.9 Å². The van der Waals surface area contributed by atoms with Crippen molar-refractivity contribution in [1.29, 1.82) is 0 Å². The second-order valence-electron chi connectivity index (χ2n) is 17.1. The lowest BCUT2D eigenvalue weighted by molar-refractivity contribution is -0.156. The predicted molar refractivity (Wildman–Crippen MR) is 234 cm³/mol. The van der Waals surface area contributed by atoms with Gasteiger partial charge in [0.2, 0.25) is 28.7 Å². The number of phenolic OH excluding ortho intramolecular Hbond substituents is 15. The molecule has 5 unspecified atom stereocenters. The first kappa shape index (κ1) is 50.9. The Morgan fingerprint density at radius 3 is 1.32 bits per heavy atom. The molecule has 0 fully saturated rings. The second kappa shape index (κ2) is 17.6. The van der Waals surface area contributed by atoms with Crippen LogP contribution in [0.15, 0.2) is 18.2 Å². The second-order valence-corrected chi connectivity index (χ2v) is 17.1. The van der Waals surface area contributed by atoms with Crippen molar-refractivity contribution in [2.75, 3.05) is 13.2 Å². The van der Waals surface area contributed by atoms with Crippen LogP contribution >= 0.6 is 0 Å². The predicted octanol–water partition coefficient (Wildman–Crippen LogP) is -0.988. The molecule has 0 aromatic heterocycles. The van der Waals surface area contributed by atoms with Gasteiger partial charge in [0.15, 0.2) is 87.7 Å². The third-order valence-corrected chi connectivity index (χ3v) is 13.0. The van der Waals surface area contributed by atoms with Crippen LogP contribution in [0.1, 0.15) is 63.3 Å². The summed E-state index contributed by atoms with van der Waals surface area (Å²) in [6, 6.07) is 0.859. The van der Waals surface area contributed by atoms with Crippen molar-refractivity contribution in [3.05, 3.63) is 51.6 Å². The number of hydrogen-bond acceptors (Lipinski definition) is 30. The average molecular weight is 1070 g/mol. The number of cyclic esters (lactones) is 1. The molecule has 0 spiro atoms. The molecule has 30 heteroatoms. The van der Waals surface area contributed by atoms with E-state index in [0.717, 1.165) is 0 Å². The first-order valence-electron chi connectivity index (χ1n) is 21.3. The van der Waals surface area contributed by atoms with Crippen LogP contribution in [0.5, 0.6) is 86.2 Å². The van der Waals surface area contributed by atoms with Gasteiger partial charge < -0.3 is 121 Å².